The fraction of sp³-hybridized carbons (Fsp3) is 0.560. The average molecular weight is 522 g/mol. The molecule has 1 saturated heterocycles. The first-order valence-electron chi connectivity index (χ1n) is 12.2. The topological polar surface area (TPSA) is 86.8 Å². The zero-order valence-electron chi connectivity index (χ0n) is 21.0. The summed E-state index contributed by atoms with van der Waals surface area (Å²) in [4.78, 5) is 39.1. The minimum atomic E-state index is -0.186. The Balaban J connectivity index is 1.49. The molecular formula is C25H36ClN5O3S. The molecule has 1 fully saturated rings. The van der Waals surface area contributed by atoms with Crippen LogP contribution < -0.4 is 10.8 Å². The Kier molecular flexibility index (Phi) is 10.3. The number of hydroxylamine groups is 1. The summed E-state index contributed by atoms with van der Waals surface area (Å²) in [7, 11) is 0. The number of likely N-dealkylation sites (tertiary alicyclic amines) is 1. The number of carbonyl (C=O) groups is 2. The van der Waals surface area contributed by atoms with Crippen molar-refractivity contribution < 1.29 is 14.4 Å². The second kappa shape index (κ2) is 13.2. The molecule has 1 atom stereocenters. The van der Waals surface area contributed by atoms with Crippen molar-refractivity contribution in [2.24, 2.45) is 0 Å². The number of nitrogens with zero attached hydrogens (tertiary/aromatic N) is 3. The van der Waals surface area contributed by atoms with Crippen LogP contribution in [0.4, 0.5) is 4.79 Å². The Morgan fingerprint density at radius 1 is 1.34 bits per heavy atom. The number of halogens is 1. The quantitative estimate of drug-likeness (QED) is 0.354. The normalized spacial score (nSPS) is 15.6. The van der Waals surface area contributed by atoms with Crippen molar-refractivity contribution in [3.05, 3.63) is 50.4 Å². The number of thiophene rings is 1. The van der Waals surface area contributed by atoms with E-state index in [9.17, 15) is 9.59 Å². The van der Waals surface area contributed by atoms with Crippen molar-refractivity contribution in [1.82, 2.24) is 25.6 Å². The Hall–Kier alpha value is -2.20. The molecule has 192 valence electrons. The van der Waals surface area contributed by atoms with Crippen LogP contribution in [0.3, 0.4) is 0 Å². The SMILES string of the molecule is CCONC(=O)N(Cc1ccsc1)C1CCN([C@H](C)CCNC(=O)c2c(C)cc(Cl)nc2C)CC1. The Labute approximate surface area is 216 Å². The predicted molar refractivity (Wildman–Crippen MR) is 140 cm³/mol. The second-order valence-corrected chi connectivity index (χ2v) is 10.2. The average Bonchev–Trinajstić information content (AvgIpc) is 3.34. The lowest BCUT2D eigenvalue weighted by Crippen LogP contribution is -2.51. The van der Waals surface area contributed by atoms with Gasteiger partial charge in [0.05, 0.1) is 17.9 Å². The van der Waals surface area contributed by atoms with E-state index in [0.717, 1.165) is 43.5 Å². The largest absolute Gasteiger partial charge is 0.352 e. The van der Waals surface area contributed by atoms with Gasteiger partial charge in [0.15, 0.2) is 0 Å². The minimum absolute atomic E-state index is 0.112. The first-order valence-corrected chi connectivity index (χ1v) is 13.5. The van der Waals surface area contributed by atoms with Crippen LogP contribution in [0.1, 0.15) is 60.3 Å². The predicted octanol–water partition coefficient (Wildman–Crippen LogP) is 4.55. The van der Waals surface area contributed by atoms with Crippen LogP contribution in [0.25, 0.3) is 0 Å². The van der Waals surface area contributed by atoms with Gasteiger partial charge in [-0.05, 0) is 81.0 Å². The highest BCUT2D eigenvalue weighted by Crippen LogP contribution is 2.22. The van der Waals surface area contributed by atoms with Crippen LogP contribution in [0.2, 0.25) is 5.15 Å². The summed E-state index contributed by atoms with van der Waals surface area (Å²) in [5, 5.41) is 7.54. The molecule has 0 bridgehead atoms. The van der Waals surface area contributed by atoms with Crippen LogP contribution in [0, 0.1) is 13.8 Å². The third-order valence-electron chi connectivity index (χ3n) is 6.50. The summed E-state index contributed by atoms with van der Waals surface area (Å²) < 4.78 is 0. The molecule has 2 aromatic rings. The molecule has 3 amide bonds. The minimum Gasteiger partial charge on any atom is -0.352 e. The van der Waals surface area contributed by atoms with E-state index in [4.69, 9.17) is 16.4 Å². The van der Waals surface area contributed by atoms with Crippen molar-refractivity contribution >= 4 is 34.9 Å². The maximum Gasteiger partial charge on any atom is 0.341 e. The van der Waals surface area contributed by atoms with Crippen molar-refractivity contribution in [1.29, 1.82) is 0 Å². The molecule has 0 unspecified atom stereocenters. The lowest BCUT2D eigenvalue weighted by molar-refractivity contribution is 0.0374. The van der Waals surface area contributed by atoms with Gasteiger partial charge >= 0.3 is 6.03 Å². The summed E-state index contributed by atoms with van der Waals surface area (Å²) in [5.74, 6) is -0.112. The van der Waals surface area contributed by atoms with E-state index in [1.807, 2.05) is 24.1 Å². The van der Waals surface area contributed by atoms with Crippen LogP contribution >= 0.6 is 22.9 Å². The fourth-order valence-corrected chi connectivity index (χ4v) is 5.52. The summed E-state index contributed by atoms with van der Waals surface area (Å²) in [6, 6.07) is 4.06. The number of nitrogens with one attached hydrogen (secondary N) is 2. The highest BCUT2D eigenvalue weighted by molar-refractivity contribution is 7.07. The Morgan fingerprint density at radius 2 is 2.09 bits per heavy atom. The number of hydrogen-bond acceptors (Lipinski definition) is 6. The molecule has 1 aliphatic rings. The first-order chi connectivity index (χ1) is 16.8. The second-order valence-electron chi connectivity index (χ2n) is 8.98. The van der Waals surface area contributed by atoms with Crippen LogP contribution in [0.5, 0.6) is 0 Å². The molecule has 10 heteroatoms. The smallest absolute Gasteiger partial charge is 0.341 e. The molecule has 0 aliphatic carbocycles. The molecule has 3 heterocycles. The van der Waals surface area contributed by atoms with Gasteiger partial charge in [0, 0.05) is 38.3 Å². The first kappa shape index (κ1) is 27.4. The lowest BCUT2D eigenvalue weighted by atomic mass is 10.0. The monoisotopic (exact) mass is 521 g/mol. The van der Waals surface area contributed by atoms with E-state index >= 15 is 0 Å². The molecule has 3 rings (SSSR count). The molecule has 0 radical (unpaired) electrons. The van der Waals surface area contributed by atoms with E-state index in [0.29, 0.717) is 42.1 Å². The zero-order valence-corrected chi connectivity index (χ0v) is 22.5. The lowest BCUT2D eigenvalue weighted by Gasteiger charge is -2.40. The van der Waals surface area contributed by atoms with E-state index in [1.54, 1.807) is 24.3 Å². The van der Waals surface area contributed by atoms with Gasteiger partial charge in [0.25, 0.3) is 5.91 Å². The standard InChI is InChI=1S/C25H36ClN5O3S/c1-5-34-29-25(33)31(15-20-9-13-35-16-20)21-7-11-30(12-8-21)18(3)6-10-27-24(32)23-17(2)14-22(26)28-19(23)4/h9,13-14,16,18,21H,5-8,10-12,15H2,1-4H3,(H,27,32)(H,29,33)/t18-/m1/s1. The molecule has 0 spiro atoms. The molecule has 8 nitrogen and oxygen atoms in total. The van der Waals surface area contributed by atoms with E-state index in [-0.39, 0.29) is 18.0 Å². The number of amides is 3. The number of hydrogen-bond donors (Lipinski definition) is 2. The number of piperidine rings is 1. The number of rotatable bonds is 10. The molecule has 1 aliphatic heterocycles. The summed E-state index contributed by atoms with van der Waals surface area (Å²) in [6.07, 6.45) is 2.64. The summed E-state index contributed by atoms with van der Waals surface area (Å²) in [6.45, 7) is 11.1. The third kappa shape index (κ3) is 7.64. The fourth-order valence-electron chi connectivity index (χ4n) is 4.57. The van der Waals surface area contributed by atoms with Crippen LogP contribution in [-0.4, -0.2) is 65.0 Å². The Bertz CT molecular complexity index is 956. The van der Waals surface area contributed by atoms with Crippen molar-refractivity contribution in [3.8, 4) is 0 Å². The molecule has 35 heavy (non-hydrogen) atoms. The number of aromatic nitrogens is 1. The van der Waals surface area contributed by atoms with Gasteiger partial charge in [-0.2, -0.15) is 11.3 Å². The maximum atomic E-state index is 12.8. The van der Waals surface area contributed by atoms with Crippen molar-refractivity contribution in [2.45, 2.75) is 65.6 Å². The van der Waals surface area contributed by atoms with Gasteiger partial charge < -0.3 is 15.1 Å². The highest BCUT2D eigenvalue weighted by atomic mass is 35.5. The number of aryl methyl sites for hydroxylation is 2. The van der Waals surface area contributed by atoms with Crippen molar-refractivity contribution in [3.63, 3.8) is 0 Å². The number of carbonyl (C=O) groups excluding carboxylic acids is 2. The van der Waals surface area contributed by atoms with E-state index < -0.39 is 0 Å². The van der Waals surface area contributed by atoms with E-state index in [1.165, 1.54) is 0 Å². The van der Waals surface area contributed by atoms with Gasteiger partial charge in [-0.1, -0.05) is 11.6 Å². The van der Waals surface area contributed by atoms with Gasteiger partial charge in [0.2, 0.25) is 0 Å². The summed E-state index contributed by atoms with van der Waals surface area (Å²) in [5.41, 5.74) is 5.76. The van der Waals surface area contributed by atoms with Crippen LogP contribution in [0.15, 0.2) is 22.9 Å². The van der Waals surface area contributed by atoms with E-state index in [2.05, 4.69) is 39.1 Å². The van der Waals surface area contributed by atoms with Gasteiger partial charge in [0.1, 0.15) is 5.15 Å². The molecule has 2 aromatic heterocycles. The molecular weight excluding hydrogens is 486 g/mol. The highest BCUT2D eigenvalue weighted by Gasteiger charge is 2.30. The summed E-state index contributed by atoms with van der Waals surface area (Å²) >= 11 is 7.62. The van der Waals surface area contributed by atoms with Crippen molar-refractivity contribution in [2.75, 3.05) is 26.2 Å². The Morgan fingerprint density at radius 3 is 2.71 bits per heavy atom. The van der Waals surface area contributed by atoms with Gasteiger partial charge in [-0.25, -0.2) is 15.3 Å². The van der Waals surface area contributed by atoms with Gasteiger partial charge in [-0.15, -0.1) is 0 Å². The number of urea groups is 1. The zero-order chi connectivity index (χ0) is 25.4. The number of pyridine rings is 1. The third-order valence-corrected chi connectivity index (χ3v) is 7.43. The molecule has 0 saturated carbocycles. The van der Waals surface area contributed by atoms with Gasteiger partial charge in [-0.3, -0.25) is 9.63 Å². The molecule has 0 aromatic carbocycles. The van der Waals surface area contributed by atoms with Crippen LogP contribution in [-0.2, 0) is 11.4 Å². The molecule has 2 N–H and O–H groups in total. The maximum absolute atomic E-state index is 12.8.